The molecule has 0 atom stereocenters. The van der Waals surface area contributed by atoms with Crippen LogP contribution < -0.4 is 0 Å². The van der Waals surface area contributed by atoms with E-state index in [2.05, 4.69) is 6.07 Å². The van der Waals surface area contributed by atoms with Gasteiger partial charge in [-0.3, -0.25) is 0 Å². The molecule has 0 fully saturated rings. The van der Waals surface area contributed by atoms with Crippen LogP contribution in [0, 0.1) is 11.3 Å². The fraction of sp³-hybridized carbons (Fsp3) is 0.462. The van der Waals surface area contributed by atoms with E-state index in [9.17, 15) is 5.26 Å². The number of rotatable bonds is 4. The molecule has 0 aromatic heterocycles. The lowest BCUT2D eigenvalue weighted by molar-refractivity contribution is -0.000892. The topological polar surface area (TPSA) is 53.2 Å². The zero-order chi connectivity index (χ0) is 11.4. The van der Waals surface area contributed by atoms with Crippen molar-refractivity contribution in [3.05, 3.63) is 35.4 Å². The highest BCUT2D eigenvalue weighted by Crippen LogP contribution is 2.32. The van der Waals surface area contributed by atoms with Crippen molar-refractivity contribution in [2.75, 3.05) is 13.2 Å². The van der Waals surface area contributed by atoms with E-state index in [1.54, 1.807) is 0 Å². The van der Waals surface area contributed by atoms with E-state index in [0.717, 1.165) is 0 Å². The van der Waals surface area contributed by atoms with Gasteiger partial charge in [-0.2, -0.15) is 5.26 Å². The first-order valence-corrected chi connectivity index (χ1v) is 5.52. The lowest BCUT2D eigenvalue weighted by Crippen LogP contribution is -2.32. The number of aliphatic hydroxyl groups excluding tert-OH is 1. The molecule has 84 valence electrons. The predicted octanol–water partition coefficient (Wildman–Crippen LogP) is 1.45. The number of nitrogens with zero attached hydrogens (tertiary/aromatic N) is 1. The Labute approximate surface area is 95.3 Å². The lowest BCUT2D eigenvalue weighted by atomic mass is 10.0. The van der Waals surface area contributed by atoms with Gasteiger partial charge in [0, 0.05) is 19.4 Å². The van der Waals surface area contributed by atoms with Crippen LogP contribution in [-0.2, 0) is 17.6 Å². The van der Waals surface area contributed by atoms with Crippen molar-refractivity contribution < 1.29 is 9.84 Å². The second-order valence-electron chi connectivity index (χ2n) is 4.15. The number of aliphatic hydroxyl groups is 1. The zero-order valence-corrected chi connectivity index (χ0v) is 9.15. The molecule has 1 N–H and O–H groups in total. The minimum absolute atomic E-state index is 0.106. The fourth-order valence-electron chi connectivity index (χ4n) is 2.13. The van der Waals surface area contributed by atoms with Crippen molar-refractivity contribution in [1.82, 2.24) is 0 Å². The Bertz CT molecular complexity index is 384. The van der Waals surface area contributed by atoms with Crippen LogP contribution in [0.4, 0.5) is 0 Å². The lowest BCUT2D eigenvalue weighted by Gasteiger charge is -2.20. The minimum atomic E-state index is -0.709. The Morgan fingerprint density at radius 2 is 1.94 bits per heavy atom. The van der Waals surface area contributed by atoms with E-state index in [1.807, 2.05) is 24.3 Å². The smallest absolute Gasteiger partial charge is 0.162 e. The Balaban J connectivity index is 2.08. The molecule has 0 unspecified atom stereocenters. The first-order valence-electron chi connectivity index (χ1n) is 5.52. The minimum Gasteiger partial charge on any atom is -0.396 e. The molecule has 0 heterocycles. The van der Waals surface area contributed by atoms with Gasteiger partial charge >= 0.3 is 0 Å². The molecule has 0 amide bonds. The van der Waals surface area contributed by atoms with Gasteiger partial charge in [0.1, 0.15) is 0 Å². The largest absolute Gasteiger partial charge is 0.396 e. The summed E-state index contributed by atoms with van der Waals surface area (Å²) in [4.78, 5) is 0. The summed E-state index contributed by atoms with van der Waals surface area (Å²) in [6.07, 6.45) is 1.90. The third-order valence-corrected chi connectivity index (χ3v) is 2.95. The van der Waals surface area contributed by atoms with Gasteiger partial charge in [0.2, 0.25) is 0 Å². The first kappa shape index (κ1) is 11.1. The van der Waals surface area contributed by atoms with Crippen LogP contribution in [0.5, 0.6) is 0 Å². The maximum absolute atomic E-state index is 9.25. The Hall–Kier alpha value is -1.37. The Morgan fingerprint density at radius 3 is 2.44 bits per heavy atom. The predicted molar refractivity (Wildman–Crippen MR) is 59.8 cm³/mol. The van der Waals surface area contributed by atoms with Crippen LogP contribution in [0.1, 0.15) is 17.5 Å². The Kier molecular flexibility index (Phi) is 3.23. The summed E-state index contributed by atoms with van der Waals surface area (Å²) in [5.41, 5.74) is 1.69. The van der Waals surface area contributed by atoms with E-state index >= 15 is 0 Å². The second kappa shape index (κ2) is 4.65. The molecule has 0 saturated carbocycles. The third-order valence-electron chi connectivity index (χ3n) is 2.95. The average Bonchev–Trinajstić information content (AvgIpc) is 2.68. The average molecular weight is 217 g/mol. The van der Waals surface area contributed by atoms with E-state index in [4.69, 9.17) is 9.84 Å². The monoisotopic (exact) mass is 217 g/mol. The number of ether oxygens (including phenoxy) is 1. The number of nitriles is 1. The highest BCUT2D eigenvalue weighted by atomic mass is 16.5. The summed E-state index contributed by atoms with van der Waals surface area (Å²) in [6, 6.07) is 10.3. The zero-order valence-electron chi connectivity index (χ0n) is 9.15. The summed E-state index contributed by atoms with van der Waals surface area (Å²) in [6.45, 7) is 0.548. The number of hydrogen-bond acceptors (Lipinski definition) is 3. The molecule has 1 aliphatic rings. The van der Waals surface area contributed by atoms with Gasteiger partial charge in [-0.1, -0.05) is 24.3 Å². The number of benzene rings is 1. The van der Waals surface area contributed by atoms with Gasteiger partial charge in [0.05, 0.1) is 12.7 Å². The fourth-order valence-corrected chi connectivity index (χ4v) is 2.13. The number of hydrogen-bond donors (Lipinski definition) is 1. The van der Waals surface area contributed by atoms with Crippen molar-refractivity contribution in [2.24, 2.45) is 0 Å². The Morgan fingerprint density at radius 1 is 1.31 bits per heavy atom. The van der Waals surface area contributed by atoms with E-state index in [0.29, 0.717) is 25.9 Å². The van der Waals surface area contributed by atoms with Gasteiger partial charge < -0.3 is 9.84 Å². The molecular formula is C13H15NO2. The summed E-state index contributed by atoms with van der Waals surface area (Å²) < 4.78 is 5.64. The van der Waals surface area contributed by atoms with Gasteiger partial charge in [0.25, 0.3) is 0 Å². The van der Waals surface area contributed by atoms with Gasteiger partial charge in [-0.15, -0.1) is 0 Å². The van der Waals surface area contributed by atoms with E-state index in [-0.39, 0.29) is 6.61 Å². The quantitative estimate of drug-likeness (QED) is 0.776. The molecule has 1 aliphatic carbocycles. The normalized spacial score (nSPS) is 16.8. The van der Waals surface area contributed by atoms with Crippen molar-refractivity contribution in [2.45, 2.75) is 24.9 Å². The number of fused-ring (bicyclic) bond motifs is 1. The van der Waals surface area contributed by atoms with Crippen molar-refractivity contribution >= 4 is 0 Å². The van der Waals surface area contributed by atoms with Crippen molar-refractivity contribution in [1.29, 1.82) is 5.26 Å². The highest BCUT2D eigenvalue weighted by molar-refractivity contribution is 5.38. The van der Waals surface area contributed by atoms with Crippen LogP contribution in [0.2, 0.25) is 0 Å². The molecule has 0 radical (unpaired) electrons. The van der Waals surface area contributed by atoms with E-state index < -0.39 is 5.60 Å². The van der Waals surface area contributed by atoms with Crippen molar-refractivity contribution in [3.8, 4) is 6.07 Å². The molecule has 3 nitrogen and oxygen atoms in total. The maximum atomic E-state index is 9.25. The molecule has 0 saturated heterocycles. The standard InChI is InChI=1S/C13H15NO2/c14-10-13(16-7-3-6-15)8-11-4-1-2-5-12(11)9-13/h1-2,4-5,15H,3,6-9H2. The first-order chi connectivity index (χ1) is 7.79. The SMILES string of the molecule is N#CC1(OCCCO)Cc2ccccc2C1. The molecular weight excluding hydrogens is 202 g/mol. The molecule has 16 heavy (non-hydrogen) atoms. The van der Waals surface area contributed by atoms with Crippen LogP contribution in [0.25, 0.3) is 0 Å². The molecule has 1 aromatic carbocycles. The highest BCUT2D eigenvalue weighted by Gasteiger charge is 2.38. The van der Waals surface area contributed by atoms with Crippen LogP contribution in [-0.4, -0.2) is 23.9 Å². The van der Waals surface area contributed by atoms with Gasteiger partial charge in [0.15, 0.2) is 5.60 Å². The molecule has 1 aromatic rings. The van der Waals surface area contributed by atoms with Crippen LogP contribution in [0.3, 0.4) is 0 Å². The second-order valence-corrected chi connectivity index (χ2v) is 4.15. The van der Waals surface area contributed by atoms with Gasteiger partial charge in [-0.25, -0.2) is 0 Å². The summed E-state index contributed by atoms with van der Waals surface area (Å²) >= 11 is 0. The van der Waals surface area contributed by atoms with Gasteiger partial charge in [-0.05, 0) is 17.5 Å². The molecule has 3 heteroatoms. The molecule has 0 spiro atoms. The van der Waals surface area contributed by atoms with Crippen molar-refractivity contribution in [3.63, 3.8) is 0 Å². The summed E-state index contributed by atoms with van der Waals surface area (Å²) in [5.74, 6) is 0. The summed E-state index contributed by atoms with van der Waals surface area (Å²) in [7, 11) is 0. The molecule has 0 bridgehead atoms. The third kappa shape index (κ3) is 2.08. The van der Waals surface area contributed by atoms with Crippen LogP contribution in [0.15, 0.2) is 24.3 Å². The van der Waals surface area contributed by atoms with E-state index in [1.165, 1.54) is 11.1 Å². The molecule has 2 rings (SSSR count). The maximum Gasteiger partial charge on any atom is 0.162 e. The molecule has 0 aliphatic heterocycles. The van der Waals surface area contributed by atoms with Crippen LogP contribution >= 0.6 is 0 Å². The summed E-state index contributed by atoms with van der Waals surface area (Å²) in [5, 5.41) is 18.0.